The summed E-state index contributed by atoms with van der Waals surface area (Å²) in [6, 6.07) is 5.60. The number of fused-ring (bicyclic) bond motifs is 1. The number of nitrogens with zero attached hydrogens (tertiary/aromatic N) is 1. The van der Waals surface area contributed by atoms with Gasteiger partial charge in [-0.25, -0.2) is 5.48 Å². The van der Waals surface area contributed by atoms with Crippen LogP contribution in [0, 0.1) is 0 Å². The average Bonchev–Trinajstić information content (AvgIpc) is 2.36. The fraction of sp³-hybridized carbons (Fsp3) is 0.417. The molecule has 2 N–H and O–H groups in total. The van der Waals surface area contributed by atoms with Crippen LogP contribution in [0.3, 0.4) is 0 Å². The number of rotatable bonds is 2. The minimum atomic E-state index is -0.448. The van der Waals surface area contributed by atoms with Crippen LogP contribution in [0.5, 0.6) is 0 Å². The van der Waals surface area contributed by atoms with Gasteiger partial charge in [-0.05, 0) is 36.2 Å². The fourth-order valence-corrected chi connectivity index (χ4v) is 2.09. The van der Waals surface area contributed by atoms with E-state index in [0.717, 1.165) is 26.1 Å². The van der Waals surface area contributed by atoms with Crippen molar-refractivity contribution in [2.45, 2.75) is 19.9 Å². The third-order valence-corrected chi connectivity index (χ3v) is 3.11. The number of nitrogens with one attached hydrogen (secondary N) is 1. The lowest BCUT2D eigenvalue weighted by atomic mass is 9.97. The smallest absolute Gasteiger partial charge is 0.274 e. The summed E-state index contributed by atoms with van der Waals surface area (Å²) in [4.78, 5) is 13.6. The van der Waals surface area contributed by atoms with Crippen LogP contribution in [0.2, 0.25) is 0 Å². The monoisotopic (exact) mass is 220 g/mol. The molecule has 0 radical (unpaired) electrons. The highest BCUT2D eigenvalue weighted by atomic mass is 16.5. The Hall–Kier alpha value is -1.39. The van der Waals surface area contributed by atoms with E-state index >= 15 is 0 Å². The lowest BCUT2D eigenvalue weighted by Gasteiger charge is -2.27. The molecule has 4 heteroatoms. The van der Waals surface area contributed by atoms with Crippen LogP contribution in [-0.2, 0) is 13.0 Å². The van der Waals surface area contributed by atoms with Crippen molar-refractivity contribution < 1.29 is 10.0 Å². The molecule has 0 aliphatic carbocycles. The summed E-state index contributed by atoms with van der Waals surface area (Å²) in [5.74, 6) is -0.448. The van der Waals surface area contributed by atoms with Crippen LogP contribution in [-0.4, -0.2) is 29.1 Å². The maximum atomic E-state index is 11.3. The first kappa shape index (κ1) is 11.1. The van der Waals surface area contributed by atoms with E-state index in [0.29, 0.717) is 5.56 Å². The predicted molar refractivity (Wildman–Crippen MR) is 60.3 cm³/mol. The summed E-state index contributed by atoms with van der Waals surface area (Å²) in [6.45, 7) is 5.12. The molecule has 1 aliphatic heterocycles. The molecule has 0 aromatic heterocycles. The largest absolute Gasteiger partial charge is 0.299 e. The van der Waals surface area contributed by atoms with Gasteiger partial charge in [0.15, 0.2) is 0 Å². The van der Waals surface area contributed by atoms with Crippen molar-refractivity contribution >= 4 is 5.91 Å². The van der Waals surface area contributed by atoms with Gasteiger partial charge in [-0.1, -0.05) is 13.0 Å². The van der Waals surface area contributed by atoms with E-state index in [-0.39, 0.29) is 0 Å². The third kappa shape index (κ3) is 2.08. The molecule has 1 aliphatic rings. The molecular weight excluding hydrogens is 204 g/mol. The van der Waals surface area contributed by atoms with E-state index in [1.165, 1.54) is 11.1 Å². The SMILES string of the molecule is CCN1CCc2ccc(C(=O)NO)cc2C1. The van der Waals surface area contributed by atoms with Crippen molar-refractivity contribution in [2.24, 2.45) is 0 Å². The molecule has 1 heterocycles. The molecular formula is C12H16N2O2. The van der Waals surface area contributed by atoms with Crippen LogP contribution < -0.4 is 5.48 Å². The summed E-state index contributed by atoms with van der Waals surface area (Å²) >= 11 is 0. The second kappa shape index (κ2) is 4.63. The molecule has 0 bridgehead atoms. The number of carbonyl (C=O) groups excluding carboxylic acids is 1. The molecule has 0 atom stereocenters. The lowest BCUT2D eigenvalue weighted by molar-refractivity contribution is 0.0706. The number of hydroxylamine groups is 1. The zero-order valence-electron chi connectivity index (χ0n) is 9.36. The summed E-state index contributed by atoms with van der Waals surface area (Å²) in [5, 5.41) is 8.58. The normalized spacial score (nSPS) is 15.6. The lowest BCUT2D eigenvalue weighted by Crippen LogP contribution is -2.30. The van der Waals surface area contributed by atoms with E-state index in [9.17, 15) is 4.79 Å². The van der Waals surface area contributed by atoms with Crippen LogP contribution >= 0.6 is 0 Å². The molecule has 0 unspecified atom stereocenters. The first-order valence-corrected chi connectivity index (χ1v) is 5.53. The number of hydrogen-bond donors (Lipinski definition) is 2. The highest BCUT2D eigenvalue weighted by molar-refractivity contribution is 5.93. The van der Waals surface area contributed by atoms with E-state index in [2.05, 4.69) is 11.8 Å². The van der Waals surface area contributed by atoms with Crippen molar-refractivity contribution in [1.29, 1.82) is 0 Å². The Balaban J connectivity index is 2.27. The number of likely N-dealkylation sites (N-methyl/N-ethyl adjacent to an activating group) is 1. The number of carbonyl (C=O) groups is 1. The first-order valence-electron chi connectivity index (χ1n) is 5.53. The molecule has 0 saturated heterocycles. The Morgan fingerprint density at radius 2 is 2.31 bits per heavy atom. The standard InChI is InChI=1S/C12H16N2O2/c1-2-14-6-5-9-3-4-10(12(15)13-16)7-11(9)8-14/h3-4,7,16H,2,5-6,8H2,1H3,(H,13,15). The van der Waals surface area contributed by atoms with E-state index < -0.39 is 5.91 Å². The fourth-order valence-electron chi connectivity index (χ4n) is 2.09. The summed E-state index contributed by atoms with van der Waals surface area (Å²) < 4.78 is 0. The van der Waals surface area contributed by atoms with Crippen molar-refractivity contribution in [1.82, 2.24) is 10.4 Å². The van der Waals surface area contributed by atoms with Gasteiger partial charge in [0.05, 0.1) is 0 Å². The molecule has 0 saturated carbocycles. The van der Waals surface area contributed by atoms with E-state index in [1.54, 1.807) is 11.5 Å². The molecule has 1 aromatic rings. The van der Waals surface area contributed by atoms with Gasteiger partial charge in [-0.15, -0.1) is 0 Å². The van der Waals surface area contributed by atoms with Crippen LogP contribution in [0.1, 0.15) is 28.4 Å². The Labute approximate surface area is 94.8 Å². The second-order valence-corrected chi connectivity index (χ2v) is 4.04. The molecule has 2 rings (SSSR count). The zero-order chi connectivity index (χ0) is 11.5. The molecule has 1 amide bonds. The van der Waals surface area contributed by atoms with Crippen molar-refractivity contribution in [3.05, 3.63) is 34.9 Å². The molecule has 86 valence electrons. The number of hydrogen-bond acceptors (Lipinski definition) is 3. The quantitative estimate of drug-likeness (QED) is 0.581. The van der Waals surface area contributed by atoms with Gasteiger partial charge < -0.3 is 0 Å². The van der Waals surface area contributed by atoms with Gasteiger partial charge in [-0.3, -0.25) is 14.9 Å². The zero-order valence-corrected chi connectivity index (χ0v) is 9.36. The van der Waals surface area contributed by atoms with Gasteiger partial charge in [-0.2, -0.15) is 0 Å². The van der Waals surface area contributed by atoms with Gasteiger partial charge in [0.1, 0.15) is 0 Å². The van der Waals surface area contributed by atoms with Crippen LogP contribution in [0.25, 0.3) is 0 Å². The maximum Gasteiger partial charge on any atom is 0.274 e. The summed E-state index contributed by atoms with van der Waals surface area (Å²) in [6.07, 6.45) is 1.03. The van der Waals surface area contributed by atoms with Crippen molar-refractivity contribution in [3.63, 3.8) is 0 Å². The Kier molecular flexibility index (Phi) is 3.22. The van der Waals surface area contributed by atoms with Crippen molar-refractivity contribution in [2.75, 3.05) is 13.1 Å². The number of amides is 1. The molecule has 1 aromatic carbocycles. The van der Waals surface area contributed by atoms with Gasteiger partial charge >= 0.3 is 0 Å². The summed E-state index contributed by atoms with van der Waals surface area (Å²) in [5.41, 5.74) is 4.67. The Morgan fingerprint density at radius 3 is 3.00 bits per heavy atom. The molecule has 0 spiro atoms. The van der Waals surface area contributed by atoms with Crippen LogP contribution in [0.4, 0.5) is 0 Å². The Morgan fingerprint density at radius 1 is 1.50 bits per heavy atom. The molecule has 0 fully saturated rings. The number of benzene rings is 1. The predicted octanol–water partition coefficient (Wildman–Crippen LogP) is 1.18. The summed E-state index contributed by atoms with van der Waals surface area (Å²) in [7, 11) is 0. The second-order valence-electron chi connectivity index (χ2n) is 4.04. The molecule has 4 nitrogen and oxygen atoms in total. The first-order chi connectivity index (χ1) is 7.74. The average molecular weight is 220 g/mol. The molecule has 16 heavy (non-hydrogen) atoms. The van der Waals surface area contributed by atoms with E-state index in [4.69, 9.17) is 5.21 Å². The minimum Gasteiger partial charge on any atom is -0.299 e. The third-order valence-electron chi connectivity index (χ3n) is 3.11. The minimum absolute atomic E-state index is 0.448. The topological polar surface area (TPSA) is 52.6 Å². The highest BCUT2D eigenvalue weighted by Crippen LogP contribution is 2.20. The Bertz CT molecular complexity index is 404. The van der Waals surface area contributed by atoms with Gasteiger partial charge in [0.2, 0.25) is 0 Å². The van der Waals surface area contributed by atoms with Crippen LogP contribution in [0.15, 0.2) is 18.2 Å². The van der Waals surface area contributed by atoms with Gasteiger partial charge in [0.25, 0.3) is 5.91 Å². The highest BCUT2D eigenvalue weighted by Gasteiger charge is 2.16. The van der Waals surface area contributed by atoms with E-state index in [1.807, 2.05) is 12.1 Å². The van der Waals surface area contributed by atoms with Crippen molar-refractivity contribution in [3.8, 4) is 0 Å². The maximum absolute atomic E-state index is 11.3. The van der Waals surface area contributed by atoms with Gasteiger partial charge in [0, 0.05) is 18.7 Å².